The molecular weight excluding hydrogens is 226 g/mol. The van der Waals surface area contributed by atoms with Crippen LogP contribution in [0.5, 0.6) is 0 Å². The van der Waals surface area contributed by atoms with Gasteiger partial charge in [-0.2, -0.15) is 0 Å². The summed E-state index contributed by atoms with van der Waals surface area (Å²) in [4.78, 5) is 11.7. The molecule has 1 aromatic carbocycles. The van der Waals surface area contributed by atoms with Crippen molar-refractivity contribution in [3.05, 3.63) is 23.8 Å². The maximum absolute atomic E-state index is 11.7. The first kappa shape index (κ1) is 12.9. The number of amides is 1. The molecule has 0 aromatic heterocycles. The second-order valence-corrected chi connectivity index (χ2v) is 4.66. The first-order valence-electron chi connectivity index (χ1n) is 6.61. The molecule has 0 spiro atoms. The van der Waals surface area contributed by atoms with Gasteiger partial charge in [-0.3, -0.25) is 4.79 Å². The predicted octanol–water partition coefficient (Wildman–Crippen LogP) is 1.98. The number of fused-ring (bicyclic) bond motifs is 1. The van der Waals surface area contributed by atoms with Crippen LogP contribution in [-0.4, -0.2) is 26.0 Å². The van der Waals surface area contributed by atoms with Gasteiger partial charge < -0.3 is 16.0 Å². The average Bonchev–Trinajstić information content (AvgIpc) is 2.39. The van der Waals surface area contributed by atoms with E-state index in [2.05, 4.69) is 28.1 Å². The highest BCUT2D eigenvalue weighted by atomic mass is 16.1. The van der Waals surface area contributed by atoms with Gasteiger partial charge in [0, 0.05) is 24.3 Å². The smallest absolute Gasteiger partial charge is 0.224 e. The first-order valence-corrected chi connectivity index (χ1v) is 6.61. The molecule has 0 radical (unpaired) electrons. The van der Waals surface area contributed by atoms with E-state index < -0.39 is 0 Å². The highest BCUT2D eigenvalue weighted by Crippen LogP contribution is 2.25. The van der Waals surface area contributed by atoms with Gasteiger partial charge in [0.15, 0.2) is 0 Å². The number of hydrogen-bond acceptors (Lipinski definition) is 3. The molecule has 4 nitrogen and oxygen atoms in total. The molecule has 0 fully saturated rings. The van der Waals surface area contributed by atoms with E-state index in [0.29, 0.717) is 6.42 Å². The number of rotatable bonds is 5. The van der Waals surface area contributed by atoms with Crippen LogP contribution < -0.4 is 16.0 Å². The molecule has 0 saturated carbocycles. The second-order valence-electron chi connectivity index (χ2n) is 4.66. The molecule has 4 heteroatoms. The van der Waals surface area contributed by atoms with E-state index in [-0.39, 0.29) is 5.91 Å². The largest absolute Gasteiger partial charge is 0.385 e. The molecule has 1 heterocycles. The van der Waals surface area contributed by atoms with Crippen LogP contribution in [0.4, 0.5) is 11.4 Å². The Balaban J connectivity index is 1.91. The van der Waals surface area contributed by atoms with Crippen LogP contribution in [0.3, 0.4) is 0 Å². The van der Waals surface area contributed by atoms with Crippen molar-refractivity contribution in [3.63, 3.8) is 0 Å². The van der Waals surface area contributed by atoms with Crippen molar-refractivity contribution in [1.29, 1.82) is 0 Å². The first-order chi connectivity index (χ1) is 8.79. The van der Waals surface area contributed by atoms with E-state index in [1.165, 1.54) is 11.3 Å². The summed E-state index contributed by atoms with van der Waals surface area (Å²) >= 11 is 0. The van der Waals surface area contributed by atoms with Crippen molar-refractivity contribution in [2.24, 2.45) is 0 Å². The van der Waals surface area contributed by atoms with Gasteiger partial charge in [0.1, 0.15) is 0 Å². The van der Waals surface area contributed by atoms with Crippen molar-refractivity contribution in [2.45, 2.75) is 25.7 Å². The van der Waals surface area contributed by atoms with Gasteiger partial charge in [0.05, 0.1) is 0 Å². The summed E-state index contributed by atoms with van der Waals surface area (Å²) in [6, 6.07) is 6.10. The number of carbonyl (C=O) groups excluding carboxylic acids is 1. The van der Waals surface area contributed by atoms with Crippen molar-refractivity contribution < 1.29 is 4.79 Å². The molecule has 3 N–H and O–H groups in total. The van der Waals surface area contributed by atoms with Crippen molar-refractivity contribution in [1.82, 2.24) is 5.32 Å². The molecule has 1 aliphatic rings. The van der Waals surface area contributed by atoms with Crippen LogP contribution in [0, 0.1) is 0 Å². The Hall–Kier alpha value is -1.55. The zero-order chi connectivity index (χ0) is 12.8. The molecule has 18 heavy (non-hydrogen) atoms. The maximum Gasteiger partial charge on any atom is 0.224 e. The highest BCUT2D eigenvalue weighted by Gasteiger charge is 2.09. The monoisotopic (exact) mass is 247 g/mol. The highest BCUT2D eigenvalue weighted by molar-refractivity contribution is 5.91. The van der Waals surface area contributed by atoms with Gasteiger partial charge in [-0.15, -0.1) is 0 Å². The fraction of sp³-hybridized carbons (Fsp3) is 0.500. The van der Waals surface area contributed by atoms with Gasteiger partial charge in [0.2, 0.25) is 5.91 Å². The van der Waals surface area contributed by atoms with Crippen LogP contribution in [0.2, 0.25) is 0 Å². The molecule has 1 aliphatic heterocycles. The Morgan fingerprint density at radius 3 is 3.17 bits per heavy atom. The van der Waals surface area contributed by atoms with Crippen molar-refractivity contribution in [3.8, 4) is 0 Å². The number of anilines is 2. The van der Waals surface area contributed by atoms with Crippen LogP contribution in [0.1, 0.15) is 24.8 Å². The summed E-state index contributed by atoms with van der Waals surface area (Å²) < 4.78 is 0. The summed E-state index contributed by atoms with van der Waals surface area (Å²) in [5.74, 6) is 0.0916. The lowest BCUT2D eigenvalue weighted by Crippen LogP contribution is -2.16. The third-order valence-corrected chi connectivity index (χ3v) is 3.16. The molecule has 1 amide bonds. The van der Waals surface area contributed by atoms with Gasteiger partial charge in [0.25, 0.3) is 0 Å². The Bertz CT molecular complexity index is 418. The number of hydrogen-bond donors (Lipinski definition) is 3. The fourth-order valence-electron chi connectivity index (χ4n) is 2.20. The van der Waals surface area contributed by atoms with Gasteiger partial charge in [-0.05, 0) is 56.6 Å². The van der Waals surface area contributed by atoms with E-state index in [4.69, 9.17) is 0 Å². The summed E-state index contributed by atoms with van der Waals surface area (Å²) in [5, 5.41) is 9.36. The Kier molecular flexibility index (Phi) is 4.59. The Morgan fingerprint density at radius 2 is 2.33 bits per heavy atom. The molecule has 0 atom stereocenters. The molecule has 1 aromatic rings. The normalized spacial score (nSPS) is 13.6. The SMILES string of the molecule is CNCCCC(=O)Nc1ccc2c(c1)CCCN2. The zero-order valence-corrected chi connectivity index (χ0v) is 10.9. The lowest BCUT2D eigenvalue weighted by Gasteiger charge is -2.18. The summed E-state index contributed by atoms with van der Waals surface area (Å²) in [6.07, 6.45) is 3.68. The molecule has 0 aliphatic carbocycles. The lowest BCUT2D eigenvalue weighted by atomic mass is 10.0. The number of carbonyl (C=O) groups is 1. The van der Waals surface area contributed by atoms with E-state index in [1.807, 2.05) is 13.1 Å². The molecular formula is C14H21N3O. The van der Waals surface area contributed by atoms with Crippen molar-refractivity contribution >= 4 is 17.3 Å². The number of aryl methyl sites for hydroxylation is 1. The van der Waals surface area contributed by atoms with Crippen LogP contribution in [-0.2, 0) is 11.2 Å². The standard InChI is InChI=1S/C14H21N3O/c1-15-8-3-5-14(18)17-12-6-7-13-11(10-12)4-2-9-16-13/h6-7,10,15-16H,2-5,8-9H2,1H3,(H,17,18). The molecule has 0 unspecified atom stereocenters. The average molecular weight is 247 g/mol. The second kappa shape index (κ2) is 6.40. The van der Waals surface area contributed by atoms with Gasteiger partial charge in [-0.25, -0.2) is 0 Å². The predicted molar refractivity (Wildman–Crippen MR) is 75.0 cm³/mol. The zero-order valence-electron chi connectivity index (χ0n) is 10.9. The van der Waals surface area contributed by atoms with E-state index in [1.54, 1.807) is 0 Å². The third kappa shape index (κ3) is 3.47. The third-order valence-electron chi connectivity index (χ3n) is 3.16. The van der Waals surface area contributed by atoms with E-state index in [0.717, 1.165) is 38.0 Å². The summed E-state index contributed by atoms with van der Waals surface area (Å²) in [7, 11) is 1.90. The van der Waals surface area contributed by atoms with Crippen molar-refractivity contribution in [2.75, 3.05) is 30.8 Å². The summed E-state index contributed by atoms with van der Waals surface area (Å²) in [5.41, 5.74) is 3.41. The van der Waals surface area contributed by atoms with Gasteiger partial charge >= 0.3 is 0 Å². The lowest BCUT2D eigenvalue weighted by molar-refractivity contribution is -0.116. The minimum atomic E-state index is 0.0916. The van der Waals surface area contributed by atoms with E-state index in [9.17, 15) is 4.79 Å². The quantitative estimate of drug-likeness (QED) is 0.697. The Morgan fingerprint density at radius 1 is 1.44 bits per heavy atom. The number of benzene rings is 1. The molecule has 98 valence electrons. The molecule has 0 bridgehead atoms. The summed E-state index contributed by atoms with van der Waals surface area (Å²) in [6.45, 7) is 1.92. The maximum atomic E-state index is 11.7. The molecule has 0 saturated heterocycles. The van der Waals surface area contributed by atoms with Crippen LogP contribution in [0.25, 0.3) is 0 Å². The van der Waals surface area contributed by atoms with Crippen LogP contribution in [0.15, 0.2) is 18.2 Å². The minimum Gasteiger partial charge on any atom is -0.385 e. The topological polar surface area (TPSA) is 53.2 Å². The van der Waals surface area contributed by atoms with Gasteiger partial charge in [-0.1, -0.05) is 0 Å². The minimum absolute atomic E-state index is 0.0916. The van der Waals surface area contributed by atoms with E-state index >= 15 is 0 Å². The Labute approximate surface area is 108 Å². The number of nitrogens with one attached hydrogen (secondary N) is 3. The van der Waals surface area contributed by atoms with Crippen LogP contribution >= 0.6 is 0 Å². The fourth-order valence-corrected chi connectivity index (χ4v) is 2.20. The molecule has 2 rings (SSSR count).